The lowest BCUT2D eigenvalue weighted by atomic mass is 9.94. The number of aliphatic imine (C=N–C) groups is 1. The van der Waals surface area contributed by atoms with Crippen molar-refractivity contribution in [3.8, 4) is 0 Å². The molecule has 2 N–H and O–H groups in total. The summed E-state index contributed by atoms with van der Waals surface area (Å²) >= 11 is 0. The van der Waals surface area contributed by atoms with Gasteiger partial charge in [-0.2, -0.15) is 0 Å². The second-order valence-corrected chi connectivity index (χ2v) is 5.92. The zero-order chi connectivity index (χ0) is 14.1. The molecule has 4 heteroatoms. The number of hydrogen-bond acceptors (Lipinski definition) is 2. The van der Waals surface area contributed by atoms with Crippen molar-refractivity contribution < 1.29 is 0 Å². The predicted molar refractivity (Wildman–Crippen MR) is 83.8 cm³/mol. The molecule has 0 aromatic rings. The van der Waals surface area contributed by atoms with Gasteiger partial charge in [0, 0.05) is 25.7 Å². The Bertz CT molecular complexity index is 257. The Labute approximate surface area is 119 Å². The Kier molecular flexibility index (Phi) is 7.87. The average Bonchev–Trinajstić information content (AvgIpc) is 2.42. The molecule has 19 heavy (non-hydrogen) atoms. The summed E-state index contributed by atoms with van der Waals surface area (Å²) in [6.45, 7) is 6.42. The Morgan fingerprint density at radius 1 is 1.26 bits per heavy atom. The Morgan fingerprint density at radius 3 is 2.53 bits per heavy atom. The van der Waals surface area contributed by atoms with E-state index in [0.29, 0.717) is 6.04 Å². The summed E-state index contributed by atoms with van der Waals surface area (Å²) in [4.78, 5) is 6.76. The number of nitrogens with one attached hydrogen (secondary N) is 2. The lowest BCUT2D eigenvalue weighted by molar-refractivity contribution is 0.190. The standard InChI is InChI=1S/C15H32N4/c1-13(2)18-15(16-3)17-11-8-12-19(4)14-9-6-5-7-10-14/h13-14H,5-12H2,1-4H3,(H2,16,17,18). The van der Waals surface area contributed by atoms with Crippen molar-refractivity contribution in [3.05, 3.63) is 0 Å². The van der Waals surface area contributed by atoms with E-state index in [1.165, 1.54) is 45.1 Å². The molecule has 1 aliphatic carbocycles. The number of nitrogens with zero attached hydrogens (tertiary/aromatic N) is 2. The molecule has 0 atom stereocenters. The first-order chi connectivity index (χ1) is 9.13. The van der Waals surface area contributed by atoms with Crippen molar-refractivity contribution in [2.24, 2.45) is 4.99 Å². The third-order valence-corrected chi connectivity index (χ3v) is 3.83. The van der Waals surface area contributed by atoms with Gasteiger partial charge in [0.2, 0.25) is 0 Å². The highest BCUT2D eigenvalue weighted by Gasteiger charge is 2.17. The zero-order valence-corrected chi connectivity index (χ0v) is 13.2. The molecular weight excluding hydrogens is 236 g/mol. The van der Waals surface area contributed by atoms with Crippen molar-refractivity contribution in [2.45, 2.75) is 64.5 Å². The first-order valence-electron chi connectivity index (χ1n) is 7.81. The quantitative estimate of drug-likeness (QED) is 0.441. The lowest BCUT2D eigenvalue weighted by Crippen LogP contribution is -2.42. The van der Waals surface area contributed by atoms with Crippen LogP contribution in [0.4, 0.5) is 0 Å². The molecule has 0 saturated heterocycles. The molecule has 0 amide bonds. The van der Waals surface area contributed by atoms with Gasteiger partial charge in [0.1, 0.15) is 0 Å². The summed E-state index contributed by atoms with van der Waals surface area (Å²) < 4.78 is 0. The molecular formula is C15H32N4. The highest BCUT2D eigenvalue weighted by atomic mass is 15.2. The third-order valence-electron chi connectivity index (χ3n) is 3.83. The van der Waals surface area contributed by atoms with Gasteiger partial charge in [-0.3, -0.25) is 4.99 Å². The van der Waals surface area contributed by atoms with Crippen LogP contribution in [0, 0.1) is 0 Å². The maximum absolute atomic E-state index is 4.22. The maximum atomic E-state index is 4.22. The molecule has 1 aliphatic rings. The molecule has 0 spiro atoms. The van der Waals surface area contributed by atoms with Crippen LogP contribution in [0.2, 0.25) is 0 Å². The van der Waals surface area contributed by atoms with E-state index in [9.17, 15) is 0 Å². The first-order valence-corrected chi connectivity index (χ1v) is 7.81. The van der Waals surface area contributed by atoms with Gasteiger partial charge < -0.3 is 15.5 Å². The zero-order valence-electron chi connectivity index (χ0n) is 13.2. The number of rotatable bonds is 6. The van der Waals surface area contributed by atoms with E-state index in [-0.39, 0.29) is 0 Å². The van der Waals surface area contributed by atoms with Crippen molar-refractivity contribution in [1.82, 2.24) is 15.5 Å². The minimum absolute atomic E-state index is 0.427. The van der Waals surface area contributed by atoms with E-state index in [1.807, 2.05) is 7.05 Å². The second kappa shape index (κ2) is 9.18. The summed E-state index contributed by atoms with van der Waals surface area (Å²) in [5.41, 5.74) is 0. The third kappa shape index (κ3) is 6.81. The van der Waals surface area contributed by atoms with E-state index in [1.54, 1.807) is 0 Å². The summed E-state index contributed by atoms with van der Waals surface area (Å²) in [5, 5.41) is 6.68. The second-order valence-electron chi connectivity index (χ2n) is 5.92. The summed E-state index contributed by atoms with van der Waals surface area (Å²) in [6.07, 6.45) is 8.21. The van der Waals surface area contributed by atoms with Crippen LogP contribution >= 0.6 is 0 Å². The first kappa shape index (κ1) is 16.3. The molecule has 0 unspecified atom stereocenters. The molecule has 1 fully saturated rings. The van der Waals surface area contributed by atoms with Crippen molar-refractivity contribution in [3.63, 3.8) is 0 Å². The van der Waals surface area contributed by atoms with Crippen LogP contribution in [0.1, 0.15) is 52.4 Å². The largest absolute Gasteiger partial charge is 0.356 e. The smallest absolute Gasteiger partial charge is 0.191 e. The van der Waals surface area contributed by atoms with E-state index in [4.69, 9.17) is 0 Å². The van der Waals surface area contributed by atoms with Crippen LogP contribution < -0.4 is 10.6 Å². The van der Waals surface area contributed by atoms with Crippen LogP contribution in [0.25, 0.3) is 0 Å². The van der Waals surface area contributed by atoms with E-state index < -0.39 is 0 Å². The van der Waals surface area contributed by atoms with Crippen LogP contribution in [-0.4, -0.2) is 50.1 Å². The van der Waals surface area contributed by atoms with Crippen molar-refractivity contribution in [2.75, 3.05) is 27.2 Å². The Morgan fingerprint density at radius 2 is 1.95 bits per heavy atom. The average molecular weight is 268 g/mol. The van der Waals surface area contributed by atoms with Gasteiger partial charge in [-0.25, -0.2) is 0 Å². The fourth-order valence-corrected chi connectivity index (χ4v) is 2.71. The highest BCUT2D eigenvalue weighted by Crippen LogP contribution is 2.21. The van der Waals surface area contributed by atoms with Gasteiger partial charge in [-0.15, -0.1) is 0 Å². The van der Waals surface area contributed by atoms with Gasteiger partial charge in [-0.1, -0.05) is 19.3 Å². The minimum Gasteiger partial charge on any atom is -0.356 e. The van der Waals surface area contributed by atoms with Gasteiger partial charge >= 0.3 is 0 Å². The molecule has 0 radical (unpaired) electrons. The van der Waals surface area contributed by atoms with E-state index in [0.717, 1.165) is 18.5 Å². The molecule has 4 nitrogen and oxygen atoms in total. The topological polar surface area (TPSA) is 39.7 Å². The SMILES string of the molecule is CN=C(NCCCN(C)C1CCCCC1)NC(C)C. The minimum atomic E-state index is 0.427. The fraction of sp³-hybridized carbons (Fsp3) is 0.933. The van der Waals surface area contributed by atoms with Crippen LogP contribution in [0.5, 0.6) is 0 Å². The van der Waals surface area contributed by atoms with Crippen molar-refractivity contribution in [1.29, 1.82) is 0 Å². The summed E-state index contributed by atoms with van der Waals surface area (Å²) in [6, 6.07) is 1.25. The molecule has 0 aromatic carbocycles. The summed E-state index contributed by atoms with van der Waals surface area (Å²) in [5.74, 6) is 0.912. The molecule has 112 valence electrons. The molecule has 0 bridgehead atoms. The van der Waals surface area contributed by atoms with Crippen molar-refractivity contribution >= 4 is 5.96 Å². The van der Waals surface area contributed by atoms with Gasteiger partial charge in [0.05, 0.1) is 0 Å². The van der Waals surface area contributed by atoms with Gasteiger partial charge in [-0.05, 0) is 46.7 Å². The maximum Gasteiger partial charge on any atom is 0.191 e. The number of guanidine groups is 1. The van der Waals surface area contributed by atoms with E-state index >= 15 is 0 Å². The fourth-order valence-electron chi connectivity index (χ4n) is 2.71. The summed E-state index contributed by atoms with van der Waals surface area (Å²) in [7, 11) is 4.10. The number of hydrogen-bond donors (Lipinski definition) is 2. The Hall–Kier alpha value is -0.770. The molecule has 0 aliphatic heterocycles. The monoisotopic (exact) mass is 268 g/mol. The highest BCUT2D eigenvalue weighted by molar-refractivity contribution is 5.79. The van der Waals surface area contributed by atoms with Gasteiger partial charge in [0.25, 0.3) is 0 Å². The lowest BCUT2D eigenvalue weighted by Gasteiger charge is -2.31. The van der Waals surface area contributed by atoms with Crippen LogP contribution in [0.15, 0.2) is 4.99 Å². The van der Waals surface area contributed by atoms with Gasteiger partial charge in [0.15, 0.2) is 5.96 Å². The van der Waals surface area contributed by atoms with Crippen LogP contribution in [-0.2, 0) is 0 Å². The van der Waals surface area contributed by atoms with Crippen LogP contribution in [0.3, 0.4) is 0 Å². The molecule has 1 rings (SSSR count). The Balaban J connectivity index is 2.12. The molecule has 0 heterocycles. The predicted octanol–water partition coefficient (Wildman–Crippen LogP) is 2.21. The normalized spacial score (nSPS) is 18.1. The van der Waals surface area contributed by atoms with E-state index in [2.05, 4.69) is 41.4 Å². The molecule has 1 saturated carbocycles. The molecule has 0 aromatic heterocycles.